The first kappa shape index (κ1) is 14.7. The van der Waals surface area contributed by atoms with Gasteiger partial charge in [0.1, 0.15) is 11.6 Å². The van der Waals surface area contributed by atoms with Gasteiger partial charge >= 0.3 is 0 Å². The Bertz CT molecular complexity index is 414. The lowest BCUT2D eigenvalue weighted by molar-refractivity contribution is 0.529. The molecule has 1 rings (SSSR count). The molecule has 4 N–H and O–H groups in total. The van der Waals surface area contributed by atoms with Crippen LogP contribution >= 0.6 is 0 Å². The van der Waals surface area contributed by atoms with E-state index in [1.165, 1.54) is 6.07 Å². The minimum Gasteiger partial charge on any atom is -0.370 e. The number of anilines is 1. The summed E-state index contributed by atoms with van der Waals surface area (Å²) in [6.45, 7) is 7.69. The molecule has 0 fully saturated rings. The van der Waals surface area contributed by atoms with Gasteiger partial charge in [-0.15, -0.1) is 0 Å². The summed E-state index contributed by atoms with van der Waals surface area (Å²) >= 11 is 0. The zero-order chi connectivity index (χ0) is 13.5. The smallest absolute Gasteiger partial charge is 0.252 e. The first-order valence-corrected chi connectivity index (χ1v) is 6.58. The van der Waals surface area contributed by atoms with Crippen molar-refractivity contribution < 1.29 is 0 Å². The van der Waals surface area contributed by atoms with Crippen LogP contribution in [0.2, 0.25) is 0 Å². The molecule has 0 aliphatic carbocycles. The van der Waals surface area contributed by atoms with Crippen molar-refractivity contribution in [2.24, 2.45) is 11.7 Å². The Balaban J connectivity index is 2.49. The number of nitrogens with two attached hydrogens (primary N) is 1. The second-order valence-electron chi connectivity index (χ2n) is 5.08. The lowest BCUT2D eigenvalue weighted by Crippen LogP contribution is -2.16. The number of hydrogen-bond acceptors (Lipinski definition) is 4. The highest BCUT2D eigenvalue weighted by Gasteiger charge is 2.05. The van der Waals surface area contributed by atoms with Crippen LogP contribution in [0.4, 0.5) is 5.82 Å². The summed E-state index contributed by atoms with van der Waals surface area (Å²) in [6, 6.07) is 1.50. The summed E-state index contributed by atoms with van der Waals surface area (Å²) in [5.41, 5.74) is 5.46. The van der Waals surface area contributed by atoms with Gasteiger partial charge in [0.05, 0.1) is 0 Å². The summed E-state index contributed by atoms with van der Waals surface area (Å²) in [4.78, 5) is 18.6. The zero-order valence-electron chi connectivity index (χ0n) is 11.5. The highest BCUT2D eigenvalue weighted by molar-refractivity contribution is 5.33. The van der Waals surface area contributed by atoms with Crippen LogP contribution in [0.15, 0.2) is 10.9 Å². The molecule has 18 heavy (non-hydrogen) atoms. The molecule has 0 aliphatic heterocycles. The summed E-state index contributed by atoms with van der Waals surface area (Å²) in [5, 5.41) is 3.19. The van der Waals surface area contributed by atoms with Gasteiger partial charge in [0.25, 0.3) is 5.56 Å². The van der Waals surface area contributed by atoms with E-state index in [1.54, 1.807) is 0 Å². The van der Waals surface area contributed by atoms with Crippen LogP contribution in [0.5, 0.6) is 0 Å². The number of aromatic nitrogens is 2. The highest BCUT2D eigenvalue weighted by atomic mass is 16.1. The lowest BCUT2D eigenvalue weighted by Gasteiger charge is -2.10. The molecule has 0 amide bonds. The third-order valence-electron chi connectivity index (χ3n) is 2.89. The Labute approximate surface area is 108 Å². The number of nitrogens with one attached hydrogen (secondary N) is 2. The normalized spacial score (nSPS) is 12.7. The average Bonchev–Trinajstić information content (AvgIpc) is 2.33. The van der Waals surface area contributed by atoms with E-state index >= 15 is 0 Å². The predicted octanol–water partition coefficient (Wildman–Crippen LogP) is 1.68. The molecular weight excluding hydrogens is 228 g/mol. The van der Waals surface area contributed by atoms with Gasteiger partial charge in [0, 0.05) is 18.5 Å². The van der Waals surface area contributed by atoms with Crippen molar-refractivity contribution in [2.75, 3.05) is 18.4 Å². The summed E-state index contributed by atoms with van der Waals surface area (Å²) in [5.74, 6) is 2.14. The van der Waals surface area contributed by atoms with E-state index < -0.39 is 0 Å². The standard InChI is InChI=1S/C13H24N4O/c1-9(2)13-16-11(7-12(18)17-13)15-6-4-5-10(3)8-14/h7,9-10H,4-6,8,14H2,1-3H3,(H2,15,16,17,18). The highest BCUT2D eigenvalue weighted by Crippen LogP contribution is 2.09. The van der Waals surface area contributed by atoms with E-state index in [0.29, 0.717) is 11.7 Å². The molecule has 1 unspecified atom stereocenters. The molecule has 0 spiro atoms. The van der Waals surface area contributed by atoms with Crippen LogP contribution in [0.1, 0.15) is 45.4 Å². The SMILES string of the molecule is CC(CN)CCCNc1cc(=O)[nH]c(C(C)C)n1. The topological polar surface area (TPSA) is 83.8 Å². The number of H-pyrrole nitrogens is 1. The molecule has 1 aromatic rings. The second kappa shape index (κ2) is 7.16. The van der Waals surface area contributed by atoms with E-state index in [-0.39, 0.29) is 11.5 Å². The number of aromatic amines is 1. The quantitative estimate of drug-likeness (QED) is 0.645. The Morgan fingerprint density at radius 1 is 1.44 bits per heavy atom. The van der Waals surface area contributed by atoms with Crippen molar-refractivity contribution in [2.45, 2.75) is 39.5 Å². The minimum atomic E-state index is -0.105. The van der Waals surface area contributed by atoms with Crippen LogP contribution < -0.4 is 16.6 Å². The van der Waals surface area contributed by atoms with Crippen LogP contribution in [0.3, 0.4) is 0 Å². The number of hydrogen-bond donors (Lipinski definition) is 3. The fourth-order valence-electron chi connectivity index (χ4n) is 1.63. The Morgan fingerprint density at radius 2 is 2.17 bits per heavy atom. The Hall–Kier alpha value is -1.36. The van der Waals surface area contributed by atoms with Gasteiger partial charge in [-0.2, -0.15) is 0 Å². The van der Waals surface area contributed by atoms with Gasteiger partial charge in [0.15, 0.2) is 0 Å². The number of rotatable bonds is 7. The van der Waals surface area contributed by atoms with E-state index in [0.717, 1.165) is 31.8 Å². The Morgan fingerprint density at radius 3 is 2.78 bits per heavy atom. The number of nitrogens with zero attached hydrogens (tertiary/aromatic N) is 1. The van der Waals surface area contributed by atoms with Gasteiger partial charge in [-0.3, -0.25) is 4.79 Å². The fourth-order valence-corrected chi connectivity index (χ4v) is 1.63. The first-order chi connectivity index (χ1) is 8.52. The molecule has 102 valence electrons. The molecule has 0 aliphatic rings. The van der Waals surface area contributed by atoms with E-state index in [9.17, 15) is 4.79 Å². The molecular formula is C13H24N4O. The molecule has 1 atom stereocenters. The molecule has 0 saturated carbocycles. The van der Waals surface area contributed by atoms with Gasteiger partial charge in [-0.1, -0.05) is 20.8 Å². The largest absolute Gasteiger partial charge is 0.370 e. The van der Waals surface area contributed by atoms with Crippen LogP contribution in [-0.4, -0.2) is 23.1 Å². The van der Waals surface area contributed by atoms with Crippen LogP contribution in [0, 0.1) is 5.92 Å². The van der Waals surface area contributed by atoms with Crippen molar-refractivity contribution >= 4 is 5.82 Å². The molecule has 5 nitrogen and oxygen atoms in total. The van der Waals surface area contributed by atoms with Gasteiger partial charge in [-0.05, 0) is 25.3 Å². The van der Waals surface area contributed by atoms with E-state index in [1.807, 2.05) is 13.8 Å². The van der Waals surface area contributed by atoms with Crippen molar-refractivity contribution in [3.63, 3.8) is 0 Å². The molecule has 5 heteroatoms. The van der Waals surface area contributed by atoms with Crippen molar-refractivity contribution in [1.82, 2.24) is 9.97 Å². The maximum Gasteiger partial charge on any atom is 0.252 e. The lowest BCUT2D eigenvalue weighted by atomic mass is 10.1. The molecule has 0 radical (unpaired) electrons. The maximum absolute atomic E-state index is 11.5. The second-order valence-corrected chi connectivity index (χ2v) is 5.08. The monoisotopic (exact) mass is 252 g/mol. The van der Waals surface area contributed by atoms with E-state index in [2.05, 4.69) is 22.2 Å². The first-order valence-electron chi connectivity index (χ1n) is 6.58. The average molecular weight is 252 g/mol. The summed E-state index contributed by atoms with van der Waals surface area (Å²) in [6.07, 6.45) is 2.12. The molecule has 1 aromatic heterocycles. The summed E-state index contributed by atoms with van der Waals surface area (Å²) < 4.78 is 0. The zero-order valence-corrected chi connectivity index (χ0v) is 11.5. The fraction of sp³-hybridized carbons (Fsp3) is 0.692. The predicted molar refractivity (Wildman–Crippen MR) is 74.9 cm³/mol. The maximum atomic E-state index is 11.5. The molecule has 0 bridgehead atoms. The van der Waals surface area contributed by atoms with E-state index in [4.69, 9.17) is 5.73 Å². The minimum absolute atomic E-state index is 0.105. The van der Waals surface area contributed by atoms with Gasteiger partial charge < -0.3 is 16.0 Å². The van der Waals surface area contributed by atoms with Crippen LogP contribution in [-0.2, 0) is 0 Å². The van der Waals surface area contributed by atoms with Crippen molar-refractivity contribution in [1.29, 1.82) is 0 Å². The Kier molecular flexibility index (Phi) is 5.85. The summed E-state index contributed by atoms with van der Waals surface area (Å²) in [7, 11) is 0. The van der Waals surface area contributed by atoms with Crippen molar-refractivity contribution in [3.05, 3.63) is 22.2 Å². The third kappa shape index (κ3) is 4.87. The van der Waals surface area contributed by atoms with Gasteiger partial charge in [-0.25, -0.2) is 4.98 Å². The molecule has 0 aromatic carbocycles. The van der Waals surface area contributed by atoms with Crippen molar-refractivity contribution in [3.8, 4) is 0 Å². The van der Waals surface area contributed by atoms with Gasteiger partial charge in [0.2, 0.25) is 0 Å². The molecule has 0 saturated heterocycles. The van der Waals surface area contributed by atoms with Crippen LogP contribution in [0.25, 0.3) is 0 Å². The third-order valence-corrected chi connectivity index (χ3v) is 2.89. The molecule has 1 heterocycles.